The van der Waals surface area contributed by atoms with Crippen molar-refractivity contribution in [2.75, 3.05) is 13.2 Å². The minimum absolute atomic E-state index is 0.0109. The zero-order valence-corrected chi connectivity index (χ0v) is 38.3. The standard InChI is InChI=1S/C51H99NO5/c1-3-5-7-9-11-13-15-16-17-18-19-20-24-27-31-35-39-43-49(54)48(47-53)52-50(55)44-40-36-32-28-25-21-22-26-30-34-38-42-46-57-51(56)45-41-37-33-29-23-14-12-10-8-6-4-2/h39,43,48-49,53-54H,3-38,40-42,44-47H2,1-2H3,(H,52,55)/b43-39+. The van der Waals surface area contributed by atoms with Crippen LogP contribution in [-0.4, -0.2) is 47.4 Å². The fourth-order valence-electron chi connectivity index (χ4n) is 7.87. The van der Waals surface area contributed by atoms with E-state index in [2.05, 4.69) is 19.2 Å². The van der Waals surface area contributed by atoms with Gasteiger partial charge in [-0.15, -0.1) is 0 Å². The molecule has 6 nitrogen and oxygen atoms in total. The van der Waals surface area contributed by atoms with Crippen molar-refractivity contribution >= 4 is 11.9 Å². The minimum Gasteiger partial charge on any atom is -0.466 e. The first-order valence-corrected chi connectivity index (χ1v) is 25.5. The first-order chi connectivity index (χ1) is 28.0. The molecule has 6 heteroatoms. The highest BCUT2D eigenvalue weighted by Crippen LogP contribution is 2.16. The molecule has 0 aromatic heterocycles. The summed E-state index contributed by atoms with van der Waals surface area (Å²) in [7, 11) is 0. The molecular formula is C51H99NO5. The summed E-state index contributed by atoms with van der Waals surface area (Å²) >= 11 is 0. The lowest BCUT2D eigenvalue weighted by molar-refractivity contribution is -0.143. The predicted molar refractivity (Wildman–Crippen MR) is 246 cm³/mol. The molecule has 338 valence electrons. The van der Waals surface area contributed by atoms with Crippen LogP contribution in [0.1, 0.15) is 277 Å². The zero-order chi connectivity index (χ0) is 41.5. The maximum absolute atomic E-state index is 12.4. The Morgan fingerprint density at radius 1 is 0.474 bits per heavy atom. The lowest BCUT2D eigenvalue weighted by Gasteiger charge is -2.20. The number of ether oxygens (including phenoxy) is 1. The van der Waals surface area contributed by atoms with Crippen molar-refractivity contribution in [2.24, 2.45) is 0 Å². The Labute approximate surface area is 355 Å². The molecule has 3 N–H and O–H groups in total. The van der Waals surface area contributed by atoms with Crippen LogP contribution in [0.25, 0.3) is 0 Å². The van der Waals surface area contributed by atoms with E-state index < -0.39 is 12.1 Å². The summed E-state index contributed by atoms with van der Waals surface area (Å²) in [5, 5.41) is 23.1. The number of amides is 1. The van der Waals surface area contributed by atoms with E-state index in [0.29, 0.717) is 19.4 Å². The summed E-state index contributed by atoms with van der Waals surface area (Å²) < 4.78 is 5.44. The number of allylic oxidation sites excluding steroid dienone is 1. The monoisotopic (exact) mass is 806 g/mol. The average molecular weight is 806 g/mol. The minimum atomic E-state index is -0.853. The molecule has 0 spiro atoms. The Balaban J connectivity index is 3.51. The van der Waals surface area contributed by atoms with Crippen LogP contribution in [0.3, 0.4) is 0 Å². The summed E-state index contributed by atoms with van der Waals surface area (Å²) in [6, 6.07) is -0.638. The van der Waals surface area contributed by atoms with Crippen LogP contribution in [-0.2, 0) is 14.3 Å². The average Bonchev–Trinajstić information content (AvgIpc) is 3.21. The Bertz CT molecular complexity index is 847. The number of hydrogen-bond donors (Lipinski definition) is 3. The Morgan fingerprint density at radius 3 is 1.19 bits per heavy atom. The number of nitrogens with one attached hydrogen (secondary N) is 1. The lowest BCUT2D eigenvalue weighted by atomic mass is 10.0. The lowest BCUT2D eigenvalue weighted by Crippen LogP contribution is -2.45. The van der Waals surface area contributed by atoms with Gasteiger partial charge in [-0.3, -0.25) is 9.59 Å². The van der Waals surface area contributed by atoms with Gasteiger partial charge in [0.05, 0.1) is 25.4 Å². The molecule has 0 radical (unpaired) electrons. The Kier molecular flexibility index (Phi) is 46.1. The normalized spacial score (nSPS) is 12.7. The van der Waals surface area contributed by atoms with E-state index in [1.165, 1.54) is 193 Å². The highest BCUT2D eigenvalue weighted by Gasteiger charge is 2.18. The van der Waals surface area contributed by atoms with Gasteiger partial charge in [0, 0.05) is 12.8 Å². The molecule has 2 unspecified atom stereocenters. The third-order valence-corrected chi connectivity index (χ3v) is 11.8. The first-order valence-electron chi connectivity index (χ1n) is 25.5. The quantitative estimate of drug-likeness (QED) is 0.0323. The van der Waals surface area contributed by atoms with Gasteiger partial charge in [0.15, 0.2) is 0 Å². The van der Waals surface area contributed by atoms with E-state index in [9.17, 15) is 19.8 Å². The van der Waals surface area contributed by atoms with Gasteiger partial charge in [0.1, 0.15) is 0 Å². The van der Waals surface area contributed by atoms with Gasteiger partial charge in [-0.05, 0) is 32.1 Å². The van der Waals surface area contributed by atoms with Crippen LogP contribution >= 0.6 is 0 Å². The second kappa shape index (κ2) is 47.3. The topological polar surface area (TPSA) is 95.9 Å². The molecular weight excluding hydrogens is 707 g/mol. The SMILES string of the molecule is CCCCCCCCCCCCCCCCC/C=C/C(O)C(CO)NC(=O)CCCCCCCCCCCCCCOC(=O)CCCCCCCCCCCCC. The van der Waals surface area contributed by atoms with Gasteiger partial charge in [0.2, 0.25) is 5.91 Å². The zero-order valence-electron chi connectivity index (χ0n) is 38.3. The van der Waals surface area contributed by atoms with Gasteiger partial charge in [0.25, 0.3) is 0 Å². The number of carbonyl (C=O) groups is 2. The van der Waals surface area contributed by atoms with E-state index in [1.807, 2.05) is 6.08 Å². The van der Waals surface area contributed by atoms with Crippen LogP contribution in [0.15, 0.2) is 12.2 Å². The Morgan fingerprint density at radius 2 is 0.807 bits per heavy atom. The molecule has 0 aromatic carbocycles. The van der Waals surface area contributed by atoms with E-state index in [0.717, 1.165) is 57.8 Å². The highest BCUT2D eigenvalue weighted by atomic mass is 16.5. The van der Waals surface area contributed by atoms with Crippen LogP contribution in [0.4, 0.5) is 0 Å². The Hall–Kier alpha value is -1.40. The molecule has 0 heterocycles. The largest absolute Gasteiger partial charge is 0.466 e. The number of esters is 1. The molecule has 1 amide bonds. The molecule has 0 aromatic rings. The smallest absolute Gasteiger partial charge is 0.305 e. The van der Waals surface area contributed by atoms with Crippen molar-refractivity contribution in [3.8, 4) is 0 Å². The van der Waals surface area contributed by atoms with Crippen LogP contribution in [0.5, 0.6) is 0 Å². The molecule has 0 aliphatic carbocycles. The molecule has 0 saturated heterocycles. The number of aliphatic hydroxyl groups is 2. The van der Waals surface area contributed by atoms with Gasteiger partial charge in [-0.25, -0.2) is 0 Å². The number of rotatable bonds is 47. The number of unbranched alkanes of at least 4 members (excludes halogenated alkanes) is 36. The molecule has 2 atom stereocenters. The molecule has 0 bridgehead atoms. The van der Waals surface area contributed by atoms with Crippen molar-refractivity contribution in [3.05, 3.63) is 12.2 Å². The first kappa shape index (κ1) is 55.6. The van der Waals surface area contributed by atoms with E-state index in [1.54, 1.807) is 6.08 Å². The highest BCUT2D eigenvalue weighted by molar-refractivity contribution is 5.76. The van der Waals surface area contributed by atoms with Crippen LogP contribution in [0.2, 0.25) is 0 Å². The number of aliphatic hydroxyl groups excluding tert-OH is 2. The maximum Gasteiger partial charge on any atom is 0.305 e. The van der Waals surface area contributed by atoms with Crippen molar-refractivity contribution in [1.82, 2.24) is 5.32 Å². The second-order valence-electron chi connectivity index (χ2n) is 17.5. The molecule has 0 fully saturated rings. The summed E-state index contributed by atoms with van der Waals surface area (Å²) in [5.41, 5.74) is 0. The molecule has 0 aliphatic heterocycles. The van der Waals surface area contributed by atoms with Crippen molar-refractivity contribution < 1.29 is 24.5 Å². The van der Waals surface area contributed by atoms with Gasteiger partial charge >= 0.3 is 5.97 Å². The summed E-state index contributed by atoms with van der Waals surface area (Å²) in [4.78, 5) is 24.4. The van der Waals surface area contributed by atoms with E-state index >= 15 is 0 Å². The molecule has 57 heavy (non-hydrogen) atoms. The summed E-state index contributed by atoms with van der Waals surface area (Å²) in [6.45, 7) is 4.87. The molecule has 0 rings (SSSR count). The fraction of sp³-hybridized carbons (Fsp3) is 0.922. The van der Waals surface area contributed by atoms with E-state index in [-0.39, 0.29) is 18.5 Å². The van der Waals surface area contributed by atoms with Crippen LogP contribution in [0, 0.1) is 0 Å². The van der Waals surface area contributed by atoms with Gasteiger partial charge in [-0.2, -0.15) is 0 Å². The molecule has 0 saturated carbocycles. The van der Waals surface area contributed by atoms with Crippen molar-refractivity contribution in [3.63, 3.8) is 0 Å². The fourth-order valence-corrected chi connectivity index (χ4v) is 7.87. The van der Waals surface area contributed by atoms with Gasteiger partial charge in [-0.1, -0.05) is 244 Å². The third-order valence-electron chi connectivity index (χ3n) is 11.8. The maximum atomic E-state index is 12.4. The number of hydrogen-bond acceptors (Lipinski definition) is 5. The predicted octanol–water partition coefficient (Wildman–Crippen LogP) is 15.0. The van der Waals surface area contributed by atoms with Crippen LogP contribution < -0.4 is 5.32 Å². The number of carbonyl (C=O) groups excluding carboxylic acids is 2. The van der Waals surface area contributed by atoms with Crippen molar-refractivity contribution in [1.29, 1.82) is 0 Å². The van der Waals surface area contributed by atoms with E-state index in [4.69, 9.17) is 4.74 Å². The second-order valence-corrected chi connectivity index (χ2v) is 17.5. The summed E-state index contributed by atoms with van der Waals surface area (Å²) in [6.07, 6.45) is 53.4. The summed E-state index contributed by atoms with van der Waals surface area (Å²) in [5.74, 6) is -0.0927. The van der Waals surface area contributed by atoms with Gasteiger partial charge < -0.3 is 20.3 Å². The van der Waals surface area contributed by atoms with Crippen molar-refractivity contribution in [2.45, 2.75) is 289 Å². The molecule has 0 aliphatic rings. The third kappa shape index (κ3) is 44.0.